The van der Waals surface area contributed by atoms with Crippen LogP contribution in [0.2, 0.25) is 5.02 Å². The van der Waals surface area contributed by atoms with Crippen LogP contribution in [-0.2, 0) is 0 Å². The van der Waals surface area contributed by atoms with Crippen molar-refractivity contribution in [3.05, 3.63) is 63.9 Å². The molecule has 0 fully saturated rings. The summed E-state index contributed by atoms with van der Waals surface area (Å²) in [6, 6.07) is 9.70. The lowest BCUT2D eigenvalue weighted by molar-refractivity contribution is 0.408. The molecule has 0 aromatic heterocycles. The molecule has 2 nitrogen and oxygen atoms in total. The zero-order valence-corrected chi connectivity index (χ0v) is 11.5. The minimum absolute atomic E-state index is 0.269. The minimum Gasteiger partial charge on any atom is -0.496 e. The Labute approximate surface area is 117 Å². The monoisotopic (exact) mass is 279 g/mol. The van der Waals surface area contributed by atoms with E-state index in [1.54, 1.807) is 38.3 Å². The lowest BCUT2D eigenvalue weighted by Gasteiger charge is -2.17. The molecule has 2 aromatic rings. The summed E-state index contributed by atoms with van der Waals surface area (Å²) in [4.78, 5) is 0. The third-order valence-electron chi connectivity index (χ3n) is 3.08. The summed E-state index contributed by atoms with van der Waals surface area (Å²) in [7, 11) is 1.56. The van der Waals surface area contributed by atoms with Gasteiger partial charge in [-0.05, 0) is 42.3 Å². The van der Waals surface area contributed by atoms with E-state index < -0.39 is 6.04 Å². The first-order valence-corrected chi connectivity index (χ1v) is 6.26. The van der Waals surface area contributed by atoms with Crippen LogP contribution in [0.5, 0.6) is 5.75 Å². The molecule has 1 atom stereocenters. The van der Waals surface area contributed by atoms with Gasteiger partial charge >= 0.3 is 0 Å². The number of hydrogen-bond acceptors (Lipinski definition) is 2. The molecule has 19 heavy (non-hydrogen) atoms. The van der Waals surface area contributed by atoms with Crippen LogP contribution >= 0.6 is 11.6 Å². The summed E-state index contributed by atoms with van der Waals surface area (Å²) >= 11 is 5.98. The van der Waals surface area contributed by atoms with Gasteiger partial charge in [0.1, 0.15) is 11.6 Å². The fourth-order valence-electron chi connectivity index (χ4n) is 1.93. The first-order chi connectivity index (χ1) is 9.02. The second kappa shape index (κ2) is 5.59. The van der Waals surface area contributed by atoms with E-state index in [2.05, 4.69) is 0 Å². The number of methoxy groups -OCH3 is 1. The smallest absolute Gasteiger partial charge is 0.126 e. The maximum absolute atomic E-state index is 13.6. The van der Waals surface area contributed by atoms with Crippen molar-refractivity contribution >= 4 is 11.6 Å². The van der Waals surface area contributed by atoms with Crippen molar-refractivity contribution in [2.75, 3.05) is 7.11 Å². The fraction of sp³-hybridized carbons (Fsp3) is 0.200. The summed E-state index contributed by atoms with van der Waals surface area (Å²) in [5.74, 6) is 0.367. The Kier molecular flexibility index (Phi) is 4.08. The predicted octanol–water partition coefficient (Wildman–Crippen LogP) is 3.84. The van der Waals surface area contributed by atoms with Gasteiger partial charge in [-0.1, -0.05) is 23.7 Å². The Morgan fingerprint density at radius 2 is 1.95 bits per heavy atom. The summed E-state index contributed by atoms with van der Waals surface area (Å²) < 4.78 is 18.9. The summed E-state index contributed by atoms with van der Waals surface area (Å²) in [6.07, 6.45) is 0. The highest BCUT2D eigenvalue weighted by molar-refractivity contribution is 6.30. The van der Waals surface area contributed by atoms with Crippen molar-refractivity contribution in [1.29, 1.82) is 0 Å². The molecule has 1 unspecified atom stereocenters. The standard InChI is InChI=1S/C15H15ClFNO/c1-9-3-4-10(7-13(9)17)15(18)12-8-11(16)5-6-14(12)19-2/h3-8,15H,18H2,1-2H3. The van der Waals surface area contributed by atoms with Crippen LogP contribution in [0.25, 0.3) is 0 Å². The second-order valence-corrected chi connectivity index (χ2v) is 4.81. The van der Waals surface area contributed by atoms with Gasteiger partial charge in [-0.25, -0.2) is 4.39 Å². The highest BCUT2D eigenvalue weighted by Crippen LogP contribution is 2.31. The molecule has 0 saturated heterocycles. The van der Waals surface area contributed by atoms with Crippen LogP contribution in [0.15, 0.2) is 36.4 Å². The number of nitrogens with two attached hydrogens (primary N) is 1. The van der Waals surface area contributed by atoms with E-state index in [9.17, 15) is 4.39 Å². The van der Waals surface area contributed by atoms with Crippen LogP contribution in [0, 0.1) is 12.7 Å². The topological polar surface area (TPSA) is 35.2 Å². The molecule has 0 radical (unpaired) electrons. The van der Waals surface area contributed by atoms with Gasteiger partial charge in [0.05, 0.1) is 13.2 Å². The van der Waals surface area contributed by atoms with Gasteiger partial charge in [0.25, 0.3) is 0 Å². The number of hydrogen-bond donors (Lipinski definition) is 1. The molecule has 0 heterocycles. The van der Waals surface area contributed by atoms with Crippen LogP contribution < -0.4 is 10.5 Å². The van der Waals surface area contributed by atoms with E-state index in [0.29, 0.717) is 21.9 Å². The molecule has 2 aromatic carbocycles. The third-order valence-corrected chi connectivity index (χ3v) is 3.32. The molecule has 2 rings (SSSR count). The van der Waals surface area contributed by atoms with Gasteiger partial charge in [0.15, 0.2) is 0 Å². The van der Waals surface area contributed by atoms with E-state index in [-0.39, 0.29) is 5.82 Å². The number of aryl methyl sites for hydroxylation is 1. The quantitative estimate of drug-likeness (QED) is 0.926. The van der Waals surface area contributed by atoms with Crippen molar-refractivity contribution in [3.63, 3.8) is 0 Å². The van der Waals surface area contributed by atoms with Gasteiger partial charge in [-0.15, -0.1) is 0 Å². The van der Waals surface area contributed by atoms with Gasteiger partial charge in [-0.2, -0.15) is 0 Å². The summed E-state index contributed by atoms with van der Waals surface area (Å²) in [6.45, 7) is 1.71. The fourth-order valence-corrected chi connectivity index (χ4v) is 2.11. The Morgan fingerprint density at radius 3 is 2.58 bits per heavy atom. The molecule has 0 bridgehead atoms. The highest BCUT2D eigenvalue weighted by atomic mass is 35.5. The molecule has 0 saturated carbocycles. The van der Waals surface area contributed by atoms with Gasteiger partial charge < -0.3 is 10.5 Å². The zero-order valence-electron chi connectivity index (χ0n) is 10.8. The molecule has 0 spiro atoms. The largest absolute Gasteiger partial charge is 0.496 e. The molecule has 0 amide bonds. The Balaban J connectivity index is 2.45. The number of ether oxygens (including phenoxy) is 1. The average molecular weight is 280 g/mol. The van der Waals surface area contributed by atoms with E-state index in [1.807, 2.05) is 6.07 Å². The van der Waals surface area contributed by atoms with E-state index in [4.69, 9.17) is 22.1 Å². The Hall–Kier alpha value is -1.58. The Morgan fingerprint density at radius 1 is 1.21 bits per heavy atom. The maximum Gasteiger partial charge on any atom is 0.126 e. The molecule has 2 N–H and O–H groups in total. The van der Waals surface area contributed by atoms with Crippen LogP contribution in [0.4, 0.5) is 4.39 Å². The van der Waals surface area contributed by atoms with E-state index in [0.717, 1.165) is 5.56 Å². The Bertz CT molecular complexity index is 601. The molecule has 100 valence electrons. The van der Waals surface area contributed by atoms with Crippen molar-refractivity contribution in [2.24, 2.45) is 5.73 Å². The van der Waals surface area contributed by atoms with Crippen molar-refractivity contribution < 1.29 is 9.13 Å². The van der Waals surface area contributed by atoms with E-state index >= 15 is 0 Å². The van der Waals surface area contributed by atoms with Crippen LogP contribution in [0.1, 0.15) is 22.7 Å². The van der Waals surface area contributed by atoms with E-state index in [1.165, 1.54) is 6.07 Å². The average Bonchev–Trinajstić information content (AvgIpc) is 2.41. The van der Waals surface area contributed by atoms with Gasteiger partial charge in [0.2, 0.25) is 0 Å². The highest BCUT2D eigenvalue weighted by Gasteiger charge is 2.15. The van der Waals surface area contributed by atoms with Crippen LogP contribution in [0.3, 0.4) is 0 Å². The summed E-state index contributed by atoms with van der Waals surface area (Å²) in [5.41, 5.74) is 8.19. The first-order valence-electron chi connectivity index (χ1n) is 5.88. The van der Waals surface area contributed by atoms with Crippen molar-refractivity contribution in [3.8, 4) is 5.75 Å². The van der Waals surface area contributed by atoms with Crippen molar-refractivity contribution in [2.45, 2.75) is 13.0 Å². The lowest BCUT2D eigenvalue weighted by atomic mass is 9.97. The zero-order chi connectivity index (χ0) is 14.0. The van der Waals surface area contributed by atoms with Gasteiger partial charge in [0, 0.05) is 10.6 Å². The maximum atomic E-state index is 13.6. The van der Waals surface area contributed by atoms with Gasteiger partial charge in [-0.3, -0.25) is 0 Å². The molecular weight excluding hydrogens is 265 g/mol. The SMILES string of the molecule is COc1ccc(Cl)cc1C(N)c1ccc(C)c(F)c1. The number of halogens is 2. The summed E-state index contributed by atoms with van der Waals surface area (Å²) in [5, 5.41) is 0.568. The molecule has 0 aliphatic heterocycles. The second-order valence-electron chi connectivity index (χ2n) is 4.37. The van der Waals surface area contributed by atoms with Crippen molar-refractivity contribution in [1.82, 2.24) is 0 Å². The minimum atomic E-state index is -0.483. The molecule has 0 aliphatic carbocycles. The number of rotatable bonds is 3. The number of benzene rings is 2. The predicted molar refractivity (Wildman–Crippen MR) is 75.2 cm³/mol. The van der Waals surface area contributed by atoms with Crippen LogP contribution in [-0.4, -0.2) is 7.11 Å². The lowest BCUT2D eigenvalue weighted by Crippen LogP contribution is -2.13. The molecule has 0 aliphatic rings. The molecular formula is C15H15ClFNO. The third kappa shape index (κ3) is 2.88. The first kappa shape index (κ1) is 13.8. The normalized spacial score (nSPS) is 12.3. The molecule has 4 heteroatoms.